The predicted octanol–water partition coefficient (Wildman–Crippen LogP) is 7.95. The van der Waals surface area contributed by atoms with E-state index in [4.69, 9.17) is 4.98 Å². The van der Waals surface area contributed by atoms with Crippen LogP contribution < -0.4 is 5.19 Å². The molecule has 45 heavy (non-hydrogen) atoms. The van der Waals surface area contributed by atoms with Crippen molar-refractivity contribution in [1.29, 1.82) is 0 Å². The van der Waals surface area contributed by atoms with Crippen LogP contribution in [0.4, 0.5) is 0 Å². The van der Waals surface area contributed by atoms with Crippen molar-refractivity contribution in [2.24, 2.45) is 0 Å². The number of para-hydroxylation sites is 1. The van der Waals surface area contributed by atoms with Gasteiger partial charge in [-0.2, -0.15) is 5.10 Å². The van der Waals surface area contributed by atoms with E-state index in [1.807, 2.05) is 72.8 Å². The van der Waals surface area contributed by atoms with E-state index in [-0.39, 0.29) is 20.1 Å². The first-order valence-corrected chi connectivity index (χ1v) is 18.3. The minimum atomic E-state index is -1.37. The van der Waals surface area contributed by atoms with Gasteiger partial charge in [-0.05, 0) is 47.5 Å². The molecule has 0 atom stereocenters. The Morgan fingerprint density at radius 1 is 0.756 bits per heavy atom. The van der Waals surface area contributed by atoms with Gasteiger partial charge in [0.05, 0.1) is 25.6 Å². The Balaban J connectivity index is 0.000000231. The second kappa shape index (κ2) is 12.8. The van der Waals surface area contributed by atoms with E-state index in [9.17, 15) is 0 Å². The van der Waals surface area contributed by atoms with Crippen LogP contribution in [0.2, 0.25) is 19.6 Å². The molecule has 1 radical (unpaired) electrons. The molecule has 0 spiro atoms. The van der Waals surface area contributed by atoms with Crippen LogP contribution in [0.3, 0.4) is 0 Å². The van der Waals surface area contributed by atoms with E-state index in [0.717, 1.165) is 40.3 Å². The van der Waals surface area contributed by atoms with Crippen molar-refractivity contribution in [2.75, 3.05) is 0 Å². The Hall–Kier alpha value is -4.55. The number of aromatic nitrogens is 5. The number of nitrogens with zero attached hydrogens (tertiary/aromatic N) is 5. The van der Waals surface area contributed by atoms with Gasteiger partial charge in [0.15, 0.2) is 5.65 Å². The topological polar surface area (TPSA) is 56.5 Å². The maximum absolute atomic E-state index is 4.92. The summed E-state index contributed by atoms with van der Waals surface area (Å²) in [6.45, 7) is 7.21. The Labute approximate surface area is 278 Å². The molecular weight excluding hydrogens is 747 g/mol. The van der Waals surface area contributed by atoms with Crippen LogP contribution in [0.25, 0.3) is 50.6 Å². The van der Waals surface area contributed by atoms with Gasteiger partial charge in [0, 0.05) is 32.0 Å². The van der Waals surface area contributed by atoms with E-state index < -0.39 is 8.07 Å². The minimum absolute atomic E-state index is 0. The third kappa shape index (κ3) is 6.07. The van der Waals surface area contributed by atoms with Gasteiger partial charge in [0.1, 0.15) is 0 Å². The zero-order chi connectivity index (χ0) is 30.1. The van der Waals surface area contributed by atoms with Gasteiger partial charge in [0.2, 0.25) is 0 Å². The molecular formula is C38H31IrN5Si-2. The maximum Gasteiger partial charge on any atom is 0.190 e. The molecule has 8 rings (SSSR count). The van der Waals surface area contributed by atoms with Crippen LogP contribution in [0, 0.1) is 12.1 Å². The Morgan fingerprint density at radius 2 is 1.58 bits per heavy atom. The molecule has 0 saturated carbocycles. The van der Waals surface area contributed by atoms with Crippen LogP contribution in [0.15, 0.2) is 122 Å². The van der Waals surface area contributed by atoms with E-state index in [0.29, 0.717) is 5.65 Å². The van der Waals surface area contributed by atoms with Gasteiger partial charge in [-0.3, -0.25) is 4.98 Å². The molecule has 1 aliphatic rings. The maximum atomic E-state index is 4.92. The molecule has 1 aliphatic carbocycles. The fraction of sp³-hybridized carbons (Fsp3) is 0.105. The SMILES string of the molecule is C[Si](C)(C)c1ccc2c(c1)Cc1c(-c3nc4nnccc4n3-c3ccccc3)[c-]ccc1-2.[Ir].[c-]1ccccc1-c1ccccn1. The number of pyridine rings is 1. The first-order chi connectivity index (χ1) is 21.5. The smallest absolute Gasteiger partial charge is 0.190 e. The van der Waals surface area contributed by atoms with Gasteiger partial charge in [-0.1, -0.05) is 78.9 Å². The summed E-state index contributed by atoms with van der Waals surface area (Å²) in [6, 6.07) is 43.9. The molecule has 0 amide bonds. The van der Waals surface area contributed by atoms with E-state index >= 15 is 0 Å². The van der Waals surface area contributed by atoms with Crippen molar-refractivity contribution >= 4 is 24.4 Å². The summed E-state index contributed by atoms with van der Waals surface area (Å²) >= 11 is 0. The predicted molar refractivity (Wildman–Crippen MR) is 181 cm³/mol. The van der Waals surface area contributed by atoms with E-state index in [2.05, 4.69) is 87.9 Å². The van der Waals surface area contributed by atoms with Crippen molar-refractivity contribution in [2.45, 2.75) is 26.1 Å². The molecule has 223 valence electrons. The summed E-state index contributed by atoms with van der Waals surface area (Å²) in [5, 5.41) is 9.86. The number of imidazole rings is 1. The van der Waals surface area contributed by atoms with E-state index in [1.54, 1.807) is 12.4 Å². The van der Waals surface area contributed by atoms with Crippen molar-refractivity contribution in [3.63, 3.8) is 0 Å². The molecule has 0 saturated heterocycles. The number of rotatable bonds is 4. The molecule has 7 aromatic rings. The summed E-state index contributed by atoms with van der Waals surface area (Å²) in [5.41, 5.74) is 11.0. The van der Waals surface area contributed by atoms with Gasteiger partial charge in [0.25, 0.3) is 0 Å². The number of hydrogen-bond donors (Lipinski definition) is 0. The van der Waals surface area contributed by atoms with Gasteiger partial charge < -0.3 is 9.55 Å². The fourth-order valence-corrected chi connectivity index (χ4v) is 6.93. The zero-order valence-corrected chi connectivity index (χ0v) is 28.7. The number of fused-ring (bicyclic) bond motifs is 4. The average molecular weight is 778 g/mol. The number of benzene rings is 4. The van der Waals surface area contributed by atoms with Gasteiger partial charge in [-0.25, -0.2) is 0 Å². The Morgan fingerprint density at radius 3 is 2.33 bits per heavy atom. The van der Waals surface area contributed by atoms with Crippen molar-refractivity contribution in [3.8, 4) is 39.5 Å². The first-order valence-electron chi connectivity index (χ1n) is 14.8. The number of hydrogen-bond acceptors (Lipinski definition) is 4. The fourth-order valence-electron chi connectivity index (χ4n) is 5.74. The molecule has 0 bridgehead atoms. The minimum Gasteiger partial charge on any atom is -0.332 e. The monoisotopic (exact) mass is 778 g/mol. The summed E-state index contributed by atoms with van der Waals surface area (Å²) in [5.74, 6) is 0.863. The molecule has 3 heterocycles. The Kier molecular flexibility index (Phi) is 8.68. The van der Waals surface area contributed by atoms with Gasteiger partial charge >= 0.3 is 0 Å². The normalized spacial score (nSPS) is 11.6. The summed E-state index contributed by atoms with van der Waals surface area (Å²) < 4.78 is 2.17. The molecule has 0 fully saturated rings. The second-order valence-electron chi connectivity index (χ2n) is 11.9. The third-order valence-corrected chi connectivity index (χ3v) is 10.0. The van der Waals surface area contributed by atoms with E-state index in [1.165, 1.54) is 27.4 Å². The van der Waals surface area contributed by atoms with Gasteiger partial charge in [-0.15, -0.1) is 70.3 Å². The van der Waals surface area contributed by atoms with Crippen molar-refractivity contribution in [1.82, 2.24) is 24.7 Å². The van der Waals surface area contributed by atoms with Crippen LogP contribution in [0.1, 0.15) is 11.1 Å². The molecule has 7 heteroatoms. The summed E-state index contributed by atoms with van der Waals surface area (Å²) in [6.07, 6.45) is 4.41. The van der Waals surface area contributed by atoms with Crippen LogP contribution in [-0.4, -0.2) is 32.8 Å². The Bertz CT molecular complexity index is 2030. The van der Waals surface area contributed by atoms with Crippen LogP contribution in [-0.2, 0) is 26.5 Å². The molecule has 3 aromatic heterocycles. The van der Waals surface area contributed by atoms with Crippen molar-refractivity contribution in [3.05, 3.63) is 145 Å². The largest absolute Gasteiger partial charge is 0.332 e. The summed E-state index contributed by atoms with van der Waals surface area (Å²) in [7, 11) is -1.37. The molecule has 4 aromatic carbocycles. The molecule has 0 N–H and O–H groups in total. The quantitative estimate of drug-likeness (QED) is 0.135. The molecule has 0 unspecified atom stereocenters. The average Bonchev–Trinajstić information content (AvgIpc) is 3.64. The molecule has 5 nitrogen and oxygen atoms in total. The van der Waals surface area contributed by atoms with Crippen molar-refractivity contribution < 1.29 is 20.1 Å². The molecule has 0 aliphatic heterocycles. The second-order valence-corrected chi connectivity index (χ2v) is 17.0. The van der Waals surface area contributed by atoms with Crippen LogP contribution in [0.5, 0.6) is 0 Å². The first kappa shape index (κ1) is 30.5. The standard InChI is InChI=1S/C27H23N4Si.C11H8N.Ir/c1-32(2,3)20-12-13-21-18(16-20)17-24-22(21)10-7-11-23(24)27-29-26-25(14-15-28-30-26)31(27)19-8-5-4-6-9-19;1-2-6-10(7-3-1)11-8-4-5-9-12-11;/h4-10,12-16H,17H2,1-3H3;1-6,8-9H;/q2*-1;. The third-order valence-electron chi connectivity index (χ3n) is 7.97. The summed E-state index contributed by atoms with van der Waals surface area (Å²) in [4.78, 5) is 9.14. The zero-order valence-electron chi connectivity index (χ0n) is 25.3. The van der Waals surface area contributed by atoms with Crippen LogP contribution >= 0.6 is 0 Å².